The maximum absolute atomic E-state index is 6.24. The molecule has 16 heavy (non-hydrogen) atoms. The first kappa shape index (κ1) is 13.9. The van der Waals surface area contributed by atoms with Crippen molar-refractivity contribution in [1.29, 1.82) is 0 Å². The quantitative estimate of drug-likeness (QED) is 0.705. The maximum Gasteiger partial charge on any atom is 0.120 e. The Kier molecular flexibility index (Phi) is 5.13. The third-order valence-corrected chi connectivity index (χ3v) is 4.67. The van der Waals surface area contributed by atoms with E-state index in [1.807, 2.05) is 18.2 Å². The molecule has 1 rings (SSSR count). The molecule has 0 spiro atoms. The summed E-state index contributed by atoms with van der Waals surface area (Å²) in [5.74, 6) is 1.94. The van der Waals surface area contributed by atoms with E-state index in [2.05, 4.69) is 36.7 Å². The lowest BCUT2D eigenvalue weighted by Gasteiger charge is -2.23. The minimum absolute atomic E-state index is 0.283. The molecule has 0 amide bonds. The molecule has 0 saturated heterocycles. The van der Waals surface area contributed by atoms with Gasteiger partial charge in [0.05, 0.1) is 7.11 Å². The van der Waals surface area contributed by atoms with Gasteiger partial charge in [0.15, 0.2) is 0 Å². The van der Waals surface area contributed by atoms with Crippen LogP contribution in [0.25, 0.3) is 0 Å². The van der Waals surface area contributed by atoms with Crippen molar-refractivity contribution in [2.75, 3.05) is 7.11 Å². The van der Waals surface area contributed by atoms with E-state index < -0.39 is 0 Å². The molecular formula is C13H18BrClO. The van der Waals surface area contributed by atoms with Gasteiger partial charge in [0, 0.05) is 9.85 Å². The Hall–Kier alpha value is -0.210. The average Bonchev–Trinajstić information content (AvgIpc) is 2.26. The van der Waals surface area contributed by atoms with E-state index in [0.717, 1.165) is 16.3 Å². The zero-order valence-corrected chi connectivity index (χ0v) is 12.5. The summed E-state index contributed by atoms with van der Waals surface area (Å²) in [6, 6.07) is 5.83. The van der Waals surface area contributed by atoms with Gasteiger partial charge in [-0.15, -0.1) is 0 Å². The monoisotopic (exact) mass is 304 g/mol. The van der Waals surface area contributed by atoms with Gasteiger partial charge in [-0.2, -0.15) is 0 Å². The summed E-state index contributed by atoms with van der Waals surface area (Å²) < 4.78 is 5.14. The van der Waals surface area contributed by atoms with E-state index in [4.69, 9.17) is 16.3 Å². The molecule has 3 heteroatoms. The highest BCUT2D eigenvalue weighted by Gasteiger charge is 2.21. The van der Waals surface area contributed by atoms with Crippen LogP contribution in [0.3, 0.4) is 0 Å². The number of rotatable bonds is 4. The summed E-state index contributed by atoms with van der Waals surface area (Å²) in [5.41, 5.74) is 1.13. The van der Waals surface area contributed by atoms with Crippen molar-refractivity contribution in [1.82, 2.24) is 0 Å². The van der Waals surface area contributed by atoms with E-state index in [-0.39, 0.29) is 4.83 Å². The predicted octanol–water partition coefficient (Wildman–Crippen LogP) is 5.08. The van der Waals surface area contributed by atoms with Crippen molar-refractivity contribution in [2.24, 2.45) is 11.8 Å². The van der Waals surface area contributed by atoms with Crippen LogP contribution in [0.5, 0.6) is 5.75 Å². The summed E-state index contributed by atoms with van der Waals surface area (Å²) in [7, 11) is 1.65. The summed E-state index contributed by atoms with van der Waals surface area (Å²) in [5, 5.41) is 0.758. The Morgan fingerprint density at radius 3 is 2.31 bits per heavy atom. The lowest BCUT2D eigenvalue weighted by atomic mass is 9.91. The molecule has 2 atom stereocenters. The standard InChI is InChI=1S/C13H18BrClO/c1-8(2)9(3)13(14)11-6-5-10(16-4)7-12(11)15/h5-9,13H,1-4H3. The second-order valence-electron chi connectivity index (χ2n) is 4.39. The first-order valence-corrected chi connectivity index (χ1v) is 6.74. The van der Waals surface area contributed by atoms with Crippen LogP contribution in [0.4, 0.5) is 0 Å². The van der Waals surface area contributed by atoms with Crippen molar-refractivity contribution in [3.05, 3.63) is 28.8 Å². The number of methoxy groups -OCH3 is 1. The molecule has 0 heterocycles. The van der Waals surface area contributed by atoms with Gasteiger partial charge in [0.2, 0.25) is 0 Å². The minimum Gasteiger partial charge on any atom is -0.497 e. The molecule has 0 aromatic heterocycles. The molecule has 0 aliphatic heterocycles. The Balaban J connectivity index is 2.96. The largest absolute Gasteiger partial charge is 0.497 e. The molecule has 2 unspecified atom stereocenters. The Morgan fingerprint density at radius 1 is 1.25 bits per heavy atom. The molecule has 1 aromatic carbocycles. The molecule has 1 nitrogen and oxygen atoms in total. The van der Waals surface area contributed by atoms with Crippen molar-refractivity contribution in [3.63, 3.8) is 0 Å². The number of hydrogen-bond donors (Lipinski definition) is 0. The zero-order chi connectivity index (χ0) is 12.3. The normalized spacial score (nSPS) is 14.9. The fraction of sp³-hybridized carbons (Fsp3) is 0.538. The summed E-state index contributed by atoms with van der Waals surface area (Å²) >= 11 is 9.97. The fourth-order valence-corrected chi connectivity index (χ4v) is 2.91. The van der Waals surface area contributed by atoms with Crippen molar-refractivity contribution >= 4 is 27.5 Å². The van der Waals surface area contributed by atoms with Crippen LogP contribution in [-0.4, -0.2) is 7.11 Å². The van der Waals surface area contributed by atoms with Crippen LogP contribution < -0.4 is 4.74 Å². The molecule has 0 radical (unpaired) electrons. The molecule has 0 aliphatic rings. The minimum atomic E-state index is 0.283. The molecule has 0 N–H and O–H groups in total. The van der Waals surface area contributed by atoms with Crippen LogP contribution in [-0.2, 0) is 0 Å². The van der Waals surface area contributed by atoms with Crippen molar-refractivity contribution < 1.29 is 4.74 Å². The van der Waals surface area contributed by atoms with E-state index in [1.54, 1.807) is 7.11 Å². The van der Waals surface area contributed by atoms with Crippen molar-refractivity contribution in [3.8, 4) is 5.75 Å². The fourth-order valence-electron chi connectivity index (χ4n) is 1.48. The summed E-state index contributed by atoms with van der Waals surface area (Å²) in [6.45, 7) is 6.66. The Labute approximate surface area is 111 Å². The van der Waals surface area contributed by atoms with Gasteiger partial charge in [-0.05, 0) is 29.5 Å². The SMILES string of the molecule is COc1ccc(C(Br)C(C)C(C)C)c(Cl)c1. The number of benzene rings is 1. The van der Waals surface area contributed by atoms with Crippen LogP contribution in [0.15, 0.2) is 18.2 Å². The lowest BCUT2D eigenvalue weighted by molar-refractivity contribution is 0.409. The summed E-state index contributed by atoms with van der Waals surface area (Å²) in [6.07, 6.45) is 0. The Bertz CT molecular complexity index is 352. The molecule has 1 aromatic rings. The van der Waals surface area contributed by atoms with Gasteiger partial charge in [-0.1, -0.05) is 54.4 Å². The van der Waals surface area contributed by atoms with Crippen LogP contribution in [0.1, 0.15) is 31.2 Å². The molecule has 90 valence electrons. The van der Waals surface area contributed by atoms with E-state index in [9.17, 15) is 0 Å². The molecule has 0 saturated carbocycles. The lowest BCUT2D eigenvalue weighted by Crippen LogP contribution is -2.10. The molecular weight excluding hydrogens is 287 g/mol. The zero-order valence-electron chi connectivity index (χ0n) is 10.1. The topological polar surface area (TPSA) is 9.23 Å². The first-order valence-electron chi connectivity index (χ1n) is 5.44. The maximum atomic E-state index is 6.24. The van der Waals surface area contributed by atoms with Crippen LogP contribution in [0, 0.1) is 11.8 Å². The Morgan fingerprint density at radius 2 is 1.88 bits per heavy atom. The summed E-state index contributed by atoms with van der Waals surface area (Å²) in [4.78, 5) is 0.283. The van der Waals surface area contributed by atoms with Gasteiger partial charge >= 0.3 is 0 Å². The van der Waals surface area contributed by atoms with Gasteiger partial charge < -0.3 is 4.74 Å². The number of halogens is 2. The number of ether oxygens (including phenoxy) is 1. The van der Waals surface area contributed by atoms with E-state index >= 15 is 0 Å². The highest BCUT2D eigenvalue weighted by molar-refractivity contribution is 9.09. The highest BCUT2D eigenvalue weighted by atomic mass is 79.9. The highest BCUT2D eigenvalue weighted by Crippen LogP contribution is 2.39. The van der Waals surface area contributed by atoms with Gasteiger partial charge in [0.25, 0.3) is 0 Å². The molecule has 0 bridgehead atoms. The third-order valence-electron chi connectivity index (χ3n) is 3.02. The van der Waals surface area contributed by atoms with Crippen LogP contribution in [0.2, 0.25) is 5.02 Å². The molecule has 0 aliphatic carbocycles. The third kappa shape index (κ3) is 3.14. The van der Waals surface area contributed by atoms with E-state index in [1.165, 1.54) is 0 Å². The molecule has 0 fully saturated rings. The van der Waals surface area contributed by atoms with Crippen LogP contribution >= 0.6 is 27.5 Å². The van der Waals surface area contributed by atoms with Gasteiger partial charge in [-0.3, -0.25) is 0 Å². The first-order chi connectivity index (χ1) is 7.47. The van der Waals surface area contributed by atoms with E-state index in [0.29, 0.717) is 11.8 Å². The number of hydrogen-bond acceptors (Lipinski definition) is 1. The average molecular weight is 306 g/mol. The second-order valence-corrected chi connectivity index (χ2v) is 5.79. The second kappa shape index (κ2) is 5.92. The van der Waals surface area contributed by atoms with Gasteiger partial charge in [0.1, 0.15) is 5.75 Å². The van der Waals surface area contributed by atoms with Crippen molar-refractivity contribution in [2.45, 2.75) is 25.6 Å². The smallest absolute Gasteiger partial charge is 0.120 e. The van der Waals surface area contributed by atoms with Gasteiger partial charge in [-0.25, -0.2) is 0 Å². The number of alkyl halides is 1. The predicted molar refractivity (Wildman–Crippen MR) is 73.7 cm³/mol.